The second-order valence-electron chi connectivity index (χ2n) is 8.12. The molecule has 0 unspecified atom stereocenters. The number of anilines is 2. The minimum absolute atomic E-state index is 0.540. The summed E-state index contributed by atoms with van der Waals surface area (Å²) in [4.78, 5) is 28.8. The molecule has 2 aliphatic rings. The van der Waals surface area contributed by atoms with Crippen LogP contribution in [0.4, 0.5) is 11.4 Å². The third kappa shape index (κ3) is 9.13. The van der Waals surface area contributed by atoms with Crippen molar-refractivity contribution in [1.82, 2.24) is 4.90 Å². The number of hydrogen-bond acceptors (Lipinski definition) is 6. The number of aliphatic carboxylic acids is 2. The van der Waals surface area contributed by atoms with Gasteiger partial charge in [0.15, 0.2) is 0 Å². The van der Waals surface area contributed by atoms with Gasteiger partial charge >= 0.3 is 11.9 Å². The van der Waals surface area contributed by atoms with Gasteiger partial charge in [-0.25, -0.2) is 9.59 Å². The average molecular weight is 481 g/mol. The number of fused-ring (bicyclic) bond motifs is 1. The van der Waals surface area contributed by atoms with E-state index in [2.05, 4.69) is 50.4 Å². The van der Waals surface area contributed by atoms with Gasteiger partial charge in [0.1, 0.15) is 18.2 Å². The summed E-state index contributed by atoms with van der Waals surface area (Å²) in [6.07, 6.45) is 3.43. The van der Waals surface area contributed by atoms with Gasteiger partial charge in [-0.15, -0.1) is 0 Å². The normalized spacial score (nSPS) is 16.6. The number of rotatable bonds is 8. The molecule has 0 saturated carbocycles. The van der Waals surface area contributed by atoms with E-state index in [1.165, 1.54) is 18.7 Å². The number of piperazine rings is 1. The van der Waals surface area contributed by atoms with Crippen LogP contribution in [0.25, 0.3) is 0 Å². The summed E-state index contributed by atoms with van der Waals surface area (Å²) in [6, 6.07) is 18.7. The molecule has 4 rings (SSSR count). The second-order valence-corrected chi connectivity index (χ2v) is 8.12. The molecule has 2 heterocycles. The number of ether oxygens (including phenoxy) is 1. The van der Waals surface area contributed by atoms with Crippen LogP contribution < -0.4 is 15.0 Å². The molecule has 0 atom stereocenters. The fourth-order valence-corrected chi connectivity index (χ4v) is 3.79. The van der Waals surface area contributed by atoms with Gasteiger partial charge in [0.2, 0.25) is 0 Å². The number of nitrogens with zero attached hydrogens (tertiary/aromatic N) is 3. The lowest BCUT2D eigenvalue weighted by Crippen LogP contribution is -2.46. The van der Waals surface area contributed by atoms with Gasteiger partial charge in [0.25, 0.3) is 0 Å². The molecule has 1 fully saturated rings. The summed E-state index contributed by atoms with van der Waals surface area (Å²) < 4.78 is 5.73. The SMILES string of the molecule is O=C(O)/C=C/C(=O)O.c1ccc(N2CCN(CCCCN=C3COc4ccccc4N3)CC2)cc1. The highest BCUT2D eigenvalue weighted by Gasteiger charge is 2.16. The largest absolute Gasteiger partial charge is 0.484 e. The zero-order chi connectivity index (χ0) is 24.9. The van der Waals surface area contributed by atoms with Crippen LogP contribution in [0.2, 0.25) is 0 Å². The lowest BCUT2D eigenvalue weighted by Gasteiger charge is -2.36. The summed E-state index contributed by atoms with van der Waals surface area (Å²) in [5.41, 5.74) is 2.36. The Kier molecular flexibility index (Phi) is 10.1. The predicted molar refractivity (Wildman–Crippen MR) is 137 cm³/mol. The molecule has 0 amide bonds. The number of nitrogens with one attached hydrogen (secondary N) is 1. The lowest BCUT2D eigenvalue weighted by molar-refractivity contribution is -0.134. The van der Waals surface area contributed by atoms with Crippen LogP contribution in [-0.4, -0.2) is 78.8 Å². The van der Waals surface area contributed by atoms with Crippen molar-refractivity contribution in [2.24, 2.45) is 4.99 Å². The van der Waals surface area contributed by atoms with E-state index in [4.69, 9.17) is 14.9 Å². The minimum atomic E-state index is -1.26. The quantitative estimate of drug-likeness (QED) is 0.390. The first-order valence-corrected chi connectivity index (χ1v) is 11.7. The van der Waals surface area contributed by atoms with Crippen molar-refractivity contribution in [3.8, 4) is 5.75 Å². The van der Waals surface area contributed by atoms with Gasteiger partial charge in [0.05, 0.1) is 5.69 Å². The molecule has 0 aliphatic carbocycles. The number of carboxylic acids is 2. The predicted octanol–water partition coefficient (Wildman–Crippen LogP) is 3.20. The van der Waals surface area contributed by atoms with Crippen molar-refractivity contribution in [2.45, 2.75) is 12.8 Å². The number of aliphatic imine (C=N–C) groups is 1. The molecule has 0 bridgehead atoms. The number of amidine groups is 1. The summed E-state index contributed by atoms with van der Waals surface area (Å²) >= 11 is 0. The number of hydrogen-bond donors (Lipinski definition) is 3. The third-order valence-electron chi connectivity index (χ3n) is 5.58. The molecule has 9 heteroatoms. The van der Waals surface area contributed by atoms with Gasteiger partial charge in [-0.2, -0.15) is 0 Å². The topological polar surface area (TPSA) is 115 Å². The van der Waals surface area contributed by atoms with E-state index in [9.17, 15) is 9.59 Å². The Balaban J connectivity index is 0.000000371. The lowest BCUT2D eigenvalue weighted by atomic mass is 10.2. The van der Waals surface area contributed by atoms with E-state index in [1.807, 2.05) is 24.3 Å². The van der Waals surface area contributed by atoms with Crippen LogP contribution in [-0.2, 0) is 9.59 Å². The highest BCUT2D eigenvalue weighted by atomic mass is 16.5. The number of unbranched alkanes of at least 4 members (excludes halogenated alkanes) is 1. The van der Waals surface area contributed by atoms with Crippen LogP contribution in [0.15, 0.2) is 71.7 Å². The number of carboxylic acid groups (broad SMARTS) is 2. The van der Waals surface area contributed by atoms with E-state index in [0.717, 1.165) is 56.4 Å². The number of carbonyl (C=O) groups is 2. The molecule has 2 aromatic carbocycles. The van der Waals surface area contributed by atoms with Crippen LogP contribution in [0, 0.1) is 0 Å². The van der Waals surface area contributed by atoms with Gasteiger partial charge in [-0.1, -0.05) is 30.3 Å². The van der Waals surface area contributed by atoms with Gasteiger partial charge in [-0.3, -0.25) is 9.89 Å². The smallest absolute Gasteiger partial charge is 0.328 e. The zero-order valence-electron chi connectivity index (χ0n) is 19.7. The van der Waals surface area contributed by atoms with Gasteiger partial charge in [-0.05, 0) is 43.7 Å². The fraction of sp³-hybridized carbons (Fsp3) is 0.346. The maximum absolute atomic E-state index is 9.55. The maximum atomic E-state index is 9.55. The van der Waals surface area contributed by atoms with Crippen LogP contribution in [0.3, 0.4) is 0 Å². The Labute approximate surface area is 205 Å². The van der Waals surface area contributed by atoms with E-state index in [0.29, 0.717) is 18.8 Å². The second kappa shape index (κ2) is 13.8. The Hall–Kier alpha value is -3.85. The van der Waals surface area contributed by atoms with Crippen LogP contribution in [0.1, 0.15) is 12.8 Å². The van der Waals surface area contributed by atoms with Gasteiger partial charge in [0, 0.05) is 50.6 Å². The molecule has 2 aromatic rings. The minimum Gasteiger partial charge on any atom is -0.484 e. The van der Waals surface area contributed by atoms with Gasteiger partial charge < -0.3 is 25.2 Å². The van der Waals surface area contributed by atoms with E-state index < -0.39 is 11.9 Å². The number of para-hydroxylation sites is 3. The van der Waals surface area contributed by atoms with Crippen molar-refractivity contribution >= 4 is 29.1 Å². The molecule has 3 N–H and O–H groups in total. The average Bonchev–Trinajstić information content (AvgIpc) is 2.88. The summed E-state index contributed by atoms with van der Waals surface area (Å²) in [5.74, 6) is -0.670. The van der Waals surface area contributed by atoms with Crippen molar-refractivity contribution in [3.05, 3.63) is 66.7 Å². The summed E-state index contributed by atoms with van der Waals surface area (Å²) in [7, 11) is 0. The Morgan fingerprint density at radius 1 is 0.914 bits per heavy atom. The zero-order valence-corrected chi connectivity index (χ0v) is 19.7. The number of benzene rings is 2. The first kappa shape index (κ1) is 25.8. The first-order chi connectivity index (χ1) is 17.0. The standard InChI is InChI=1S/C22H28N4O.C4H4O4/c1-2-8-19(9-3-1)26-16-14-25(15-17-26)13-7-6-12-23-22-18-27-21-11-5-4-10-20(21)24-22;5-3(6)1-2-4(7)8/h1-5,8-11H,6-7,12-18H2,(H,23,24);1-2H,(H,5,6)(H,7,8)/b;2-1+. The molecular weight excluding hydrogens is 448 g/mol. The highest BCUT2D eigenvalue weighted by Crippen LogP contribution is 2.26. The molecule has 186 valence electrons. The molecule has 0 aromatic heterocycles. The first-order valence-electron chi connectivity index (χ1n) is 11.7. The van der Waals surface area contributed by atoms with Crippen molar-refractivity contribution in [1.29, 1.82) is 0 Å². The van der Waals surface area contributed by atoms with E-state index in [1.54, 1.807) is 0 Å². The molecule has 2 aliphatic heterocycles. The maximum Gasteiger partial charge on any atom is 0.328 e. The molecule has 0 radical (unpaired) electrons. The Morgan fingerprint density at radius 3 is 2.26 bits per heavy atom. The van der Waals surface area contributed by atoms with E-state index in [-0.39, 0.29) is 0 Å². The van der Waals surface area contributed by atoms with Crippen LogP contribution >= 0.6 is 0 Å². The summed E-state index contributed by atoms with van der Waals surface area (Å²) in [5, 5.41) is 19.0. The molecule has 35 heavy (non-hydrogen) atoms. The highest BCUT2D eigenvalue weighted by molar-refractivity contribution is 5.99. The Bertz CT molecular complexity index is 1000. The third-order valence-corrected chi connectivity index (χ3v) is 5.58. The monoisotopic (exact) mass is 480 g/mol. The molecule has 9 nitrogen and oxygen atoms in total. The van der Waals surface area contributed by atoms with Crippen molar-refractivity contribution < 1.29 is 24.5 Å². The van der Waals surface area contributed by atoms with Crippen molar-refractivity contribution in [2.75, 3.05) is 56.1 Å². The molecular formula is C26H32N4O5. The fourth-order valence-electron chi connectivity index (χ4n) is 3.79. The van der Waals surface area contributed by atoms with E-state index >= 15 is 0 Å². The Morgan fingerprint density at radius 2 is 1.57 bits per heavy atom. The summed E-state index contributed by atoms with van der Waals surface area (Å²) in [6.45, 7) is 7.10. The molecule has 1 saturated heterocycles. The molecule has 0 spiro atoms. The van der Waals surface area contributed by atoms with Crippen molar-refractivity contribution in [3.63, 3.8) is 0 Å². The van der Waals surface area contributed by atoms with Crippen LogP contribution in [0.5, 0.6) is 5.75 Å².